The molecule has 0 fully saturated rings. The molecule has 0 bridgehead atoms. The molecule has 0 aromatic carbocycles. The summed E-state index contributed by atoms with van der Waals surface area (Å²) in [4.78, 5) is 0. The molecule has 0 amide bonds. The summed E-state index contributed by atoms with van der Waals surface area (Å²) in [5.41, 5.74) is -0.648. The first kappa shape index (κ1) is 15.0. The SMILES string of the molecule is CCCCC(CCCC)C([O])(CC)CC. The lowest BCUT2D eigenvalue weighted by molar-refractivity contribution is -0.0902. The highest BCUT2D eigenvalue weighted by molar-refractivity contribution is 4.83. The molecule has 0 unspecified atom stereocenters. The number of hydrogen-bond donors (Lipinski definition) is 0. The maximum Gasteiger partial charge on any atom is 0.106 e. The maximum absolute atomic E-state index is 12.6. The molecule has 0 atom stereocenters. The molecule has 0 spiro atoms. The van der Waals surface area contributed by atoms with Crippen LogP contribution in [-0.2, 0) is 5.11 Å². The van der Waals surface area contributed by atoms with Crippen LogP contribution in [0.1, 0.15) is 79.1 Å². The van der Waals surface area contributed by atoms with Crippen molar-refractivity contribution in [3.05, 3.63) is 0 Å². The number of hydrogen-bond acceptors (Lipinski definition) is 0. The zero-order valence-corrected chi connectivity index (χ0v) is 11.1. The fraction of sp³-hybridized carbons (Fsp3) is 1.00. The van der Waals surface area contributed by atoms with Gasteiger partial charge in [-0.15, -0.1) is 0 Å². The van der Waals surface area contributed by atoms with E-state index in [9.17, 15) is 5.11 Å². The second kappa shape index (κ2) is 8.15. The monoisotopic (exact) mass is 213 g/mol. The van der Waals surface area contributed by atoms with E-state index in [1.165, 1.54) is 25.7 Å². The van der Waals surface area contributed by atoms with Gasteiger partial charge in [0.25, 0.3) is 0 Å². The predicted molar refractivity (Wildman–Crippen MR) is 66.5 cm³/mol. The summed E-state index contributed by atoms with van der Waals surface area (Å²) in [6, 6.07) is 0. The second-order valence-corrected chi connectivity index (χ2v) is 4.75. The summed E-state index contributed by atoms with van der Waals surface area (Å²) in [6.45, 7) is 8.53. The number of unbranched alkanes of at least 4 members (excludes halogenated alkanes) is 2. The van der Waals surface area contributed by atoms with Crippen LogP contribution in [0.4, 0.5) is 0 Å². The minimum Gasteiger partial charge on any atom is -0.229 e. The molecule has 1 nitrogen and oxygen atoms in total. The molecule has 1 radical (unpaired) electrons. The van der Waals surface area contributed by atoms with E-state index in [2.05, 4.69) is 27.7 Å². The lowest BCUT2D eigenvalue weighted by atomic mass is 9.77. The van der Waals surface area contributed by atoms with Crippen molar-refractivity contribution in [3.63, 3.8) is 0 Å². The molecule has 0 saturated heterocycles. The third kappa shape index (κ3) is 5.01. The van der Waals surface area contributed by atoms with Gasteiger partial charge in [-0.3, -0.25) is 0 Å². The predicted octanol–water partition coefficient (Wildman–Crippen LogP) is 4.97. The van der Waals surface area contributed by atoms with Crippen molar-refractivity contribution in [1.29, 1.82) is 0 Å². The van der Waals surface area contributed by atoms with E-state index in [4.69, 9.17) is 0 Å². The van der Waals surface area contributed by atoms with Crippen molar-refractivity contribution in [3.8, 4) is 0 Å². The van der Waals surface area contributed by atoms with E-state index in [1.54, 1.807) is 0 Å². The van der Waals surface area contributed by atoms with Gasteiger partial charge in [0, 0.05) is 0 Å². The van der Waals surface area contributed by atoms with Crippen molar-refractivity contribution < 1.29 is 5.11 Å². The van der Waals surface area contributed by atoms with Crippen molar-refractivity contribution in [2.75, 3.05) is 0 Å². The van der Waals surface area contributed by atoms with Gasteiger partial charge in [-0.1, -0.05) is 53.4 Å². The third-order valence-corrected chi connectivity index (χ3v) is 3.75. The summed E-state index contributed by atoms with van der Waals surface area (Å²) in [5, 5.41) is 12.6. The quantitative estimate of drug-likeness (QED) is 0.515. The highest BCUT2D eigenvalue weighted by Crippen LogP contribution is 2.33. The van der Waals surface area contributed by atoms with Gasteiger partial charge in [-0.05, 0) is 31.6 Å². The van der Waals surface area contributed by atoms with Crippen LogP contribution in [0.2, 0.25) is 0 Å². The zero-order valence-electron chi connectivity index (χ0n) is 11.1. The van der Waals surface area contributed by atoms with Crippen LogP contribution < -0.4 is 0 Å². The maximum atomic E-state index is 12.6. The van der Waals surface area contributed by atoms with E-state index < -0.39 is 5.60 Å². The van der Waals surface area contributed by atoms with Crippen molar-refractivity contribution in [1.82, 2.24) is 0 Å². The molecular formula is C14H29O. The molecule has 0 aliphatic carbocycles. The fourth-order valence-electron chi connectivity index (χ4n) is 2.40. The Kier molecular flexibility index (Phi) is 8.13. The molecule has 0 N–H and O–H groups in total. The topological polar surface area (TPSA) is 19.9 Å². The van der Waals surface area contributed by atoms with Crippen molar-refractivity contribution in [2.24, 2.45) is 5.92 Å². The molecule has 0 aliphatic rings. The van der Waals surface area contributed by atoms with Gasteiger partial charge in [-0.2, -0.15) is 0 Å². The summed E-state index contributed by atoms with van der Waals surface area (Å²) < 4.78 is 0. The molecule has 91 valence electrons. The lowest BCUT2D eigenvalue weighted by Crippen LogP contribution is -2.35. The minimum absolute atomic E-state index is 0.410. The van der Waals surface area contributed by atoms with Crippen LogP contribution in [0.15, 0.2) is 0 Å². The first-order valence-electron chi connectivity index (χ1n) is 6.84. The average molecular weight is 213 g/mol. The summed E-state index contributed by atoms with van der Waals surface area (Å²) in [7, 11) is 0. The van der Waals surface area contributed by atoms with E-state index in [0.717, 1.165) is 25.7 Å². The smallest absolute Gasteiger partial charge is 0.106 e. The Hall–Kier alpha value is -0.0400. The number of rotatable bonds is 9. The van der Waals surface area contributed by atoms with E-state index in [-0.39, 0.29) is 0 Å². The van der Waals surface area contributed by atoms with Crippen LogP contribution in [0, 0.1) is 5.92 Å². The molecule has 0 aliphatic heterocycles. The Balaban J connectivity index is 4.29. The molecule has 0 rings (SSSR count). The second-order valence-electron chi connectivity index (χ2n) is 4.75. The van der Waals surface area contributed by atoms with Crippen molar-refractivity contribution >= 4 is 0 Å². The Morgan fingerprint density at radius 2 is 1.27 bits per heavy atom. The molecule has 15 heavy (non-hydrogen) atoms. The molecule has 1 heteroatoms. The molecule has 0 aromatic heterocycles. The normalized spacial score (nSPS) is 12.4. The van der Waals surface area contributed by atoms with Crippen LogP contribution >= 0.6 is 0 Å². The van der Waals surface area contributed by atoms with Gasteiger partial charge in [-0.25, -0.2) is 5.11 Å². The first-order valence-corrected chi connectivity index (χ1v) is 6.84. The highest BCUT2D eigenvalue weighted by atomic mass is 16.3. The van der Waals surface area contributed by atoms with E-state index >= 15 is 0 Å². The molecular weight excluding hydrogens is 184 g/mol. The molecule has 0 heterocycles. The first-order chi connectivity index (χ1) is 7.14. The van der Waals surface area contributed by atoms with Crippen molar-refractivity contribution in [2.45, 2.75) is 84.7 Å². The van der Waals surface area contributed by atoms with Gasteiger partial charge in [0.05, 0.1) is 0 Å². The van der Waals surface area contributed by atoms with E-state index in [1.807, 2.05) is 0 Å². The van der Waals surface area contributed by atoms with E-state index in [0.29, 0.717) is 5.92 Å². The van der Waals surface area contributed by atoms with Crippen LogP contribution in [0.3, 0.4) is 0 Å². The summed E-state index contributed by atoms with van der Waals surface area (Å²) >= 11 is 0. The Morgan fingerprint density at radius 1 is 0.867 bits per heavy atom. The fourth-order valence-corrected chi connectivity index (χ4v) is 2.40. The molecule has 0 aromatic rings. The van der Waals surface area contributed by atoms with Gasteiger partial charge in [0.2, 0.25) is 0 Å². The Morgan fingerprint density at radius 3 is 1.53 bits per heavy atom. The molecule has 0 saturated carbocycles. The van der Waals surface area contributed by atoms with Gasteiger partial charge >= 0.3 is 0 Å². The Labute approximate surface area is 96.3 Å². The largest absolute Gasteiger partial charge is 0.229 e. The minimum atomic E-state index is -0.648. The van der Waals surface area contributed by atoms with Gasteiger partial charge in [0.1, 0.15) is 5.60 Å². The Bertz CT molecular complexity index is 130. The van der Waals surface area contributed by atoms with Crippen LogP contribution in [0.25, 0.3) is 0 Å². The lowest BCUT2D eigenvalue weighted by Gasteiger charge is -2.32. The summed E-state index contributed by atoms with van der Waals surface area (Å²) in [5.74, 6) is 0.410. The van der Waals surface area contributed by atoms with Gasteiger partial charge < -0.3 is 0 Å². The third-order valence-electron chi connectivity index (χ3n) is 3.75. The zero-order chi connectivity index (χ0) is 11.7. The standard InChI is InChI=1S/C14H29O/c1-5-9-11-13(12-10-6-2)14(15,7-3)8-4/h13H,5-12H2,1-4H3. The highest BCUT2D eigenvalue weighted by Gasteiger charge is 2.34. The average Bonchev–Trinajstić information content (AvgIpc) is 2.28. The summed E-state index contributed by atoms with van der Waals surface area (Å²) in [6.07, 6.45) is 8.74. The van der Waals surface area contributed by atoms with Crippen LogP contribution in [-0.4, -0.2) is 5.60 Å². The van der Waals surface area contributed by atoms with Gasteiger partial charge in [0.15, 0.2) is 0 Å². The van der Waals surface area contributed by atoms with Crippen LogP contribution in [0.5, 0.6) is 0 Å².